The zero-order valence-electron chi connectivity index (χ0n) is 7.32. The van der Waals surface area contributed by atoms with Gasteiger partial charge in [0.05, 0.1) is 5.03 Å². The van der Waals surface area contributed by atoms with E-state index in [-0.39, 0.29) is 5.82 Å². The first-order valence-electron chi connectivity index (χ1n) is 4.15. The highest BCUT2D eigenvalue weighted by Gasteiger charge is 2.06. The lowest BCUT2D eigenvalue weighted by Gasteiger charge is -2.20. The molecule has 0 atom stereocenters. The van der Waals surface area contributed by atoms with Gasteiger partial charge in [-0.25, -0.2) is 4.39 Å². The Morgan fingerprint density at radius 3 is 2.64 bits per heavy atom. The van der Waals surface area contributed by atoms with Crippen LogP contribution in [0.5, 0.6) is 0 Å². The van der Waals surface area contributed by atoms with Crippen LogP contribution in [-0.2, 0) is 0 Å². The Kier molecular flexibility index (Phi) is 2.50. The fourth-order valence-corrected chi connectivity index (χ4v) is 1.41. The smallest absolute Gasteiger partial charge is 0.123 e. The maximum Gasteiger partial charge on any atom is 0.123 e. The van der Waals surface area contributed by atoms with Crippen molar-refractivity contribution in [1.82, 2.24) is 0 Å². The Morgan fingerprint density at radius 1 is 1.29 bits per heavy atom. The first-order valence-corrected chi connectivity index (χ1v) is 4.53. The maximum atomic E-state index is 12.6. The van der Waals surface area contributed by atoms with Gasteiger partial charge in [0, 0.05) is 18.1 Å². The Bertz CT molecular complexity index is 384. The molecule has 0 amide bonds. The number of nitrogens with zero attached hydrogens (tertiary/aromatic N) is 2. The van der Waals surface area contributed by atoms with Crippen LogP contribution in [0.2, 0.25) is 0 Å². The monoisotopic (exact) mass is 210 g/mol. The highest BCUT2D eigenvalue weighted by molar-refractivity contribution is 6.39. The normalized spacial score (nSPS) is 15.6. The van der Waals surface area contributed by atoms with Crippen LogP contribution in [0.25, 0.3) is 0 Å². The molecule has 4 heteroatoms. The van der Waals surface area contributed by atoms with Crippen LogP contribution < -0.4 is 4.90 Å². The van der Waals surface area contributed by atoms with Crippen molar-refractivity contribution in [2.75, 3.05) is 11.6 Å². The molecular weight excluding hydrogens is 203 g/mol. The molecular formula is C10H8ClFN2. The second-order valence-electron chi connectivity index (χ2n) is 2.91. The maximum absolute atomic E-state index is 12.6. The first kappa shape index (κ1) is 9.21. The molecule has 0 unspecified atom stereocenters. The Morgan fingerprint density at radius 2 is 2.00 bits per heavy atom. The summed E-state index contributed by atoms with van der Waals surface area (Å²) in [6.45, 7) is 0.516. The molecule has 1 aliphatic heterocycles. The molecule has 0 saturated carbocycles. The van der Waals surface area contributed by atoms with E-state index in [0.717, 1.165) is 5.69 Å². The number of benzene rings is 1. The fourth-order valence-electron chi connectivity index (χ4n) is 1.23. The lowest BCUT2D eigenvalue weighted by atomic mass is 10.3. The van der Waals surface area contributed by atoms with Gasteiger partial charge in [0.25, 0.3) is 0 Å². The third-order valence-corrected chi connectivity index (χ3v) is 2.08. The minimum Gasteiger partial charge on any atom is -0.326 e. The largest absolute Gasteiger partial charge is 0.326 e. The standard InChI is InChI=1S/C10H8ClFN2/c11-8-5-13-7-14(6-8)10-3-1-9(12)2-4-10/h1-6H,7H2. The van der Waals surface area contributed by atoms with E-state index in [4.69, 9.17) is 11.6 Å². The third-order valence-electron chi connectivity index (χ3n) is 1.89. The average molecular weight is 211 g/mol. The van der Waals surface area contributed by atoms with Crippen molar-refractivity contribution in [2.45, 2.75) is 0 Å². The summed E-state index contributed by atoms with van der Waals surface area (Å²) < 4.78 is 12.6. The minimum atomic E-state index is -0.246. The van der Waals surface area contributed by atoms with Crippen LogP contribution in [-0.4, -0.2) is 12.9 Å². The number of halogens is 2. The number of hydrogen-bond acceptors (Lipinski definition) is 2. The van der Waals surface area contributed by atoms with Gasteiger partial charge < -0.3 is 4.90 Å². The van der Waals surface area contributed by atoms with Gasteiger partial charge >= 0.3 is 0 Å². The average Bonchev–Trinajstić information content (AvgIpc) is 2.19. The topological polar surface area (TPSA) is 15.6 Å². The van der Waals surface area contributed by atoms with E-state index in [0.29, 0.717) is 11.7 Å². The van der Waals surface area contributed by atoms with Crippen LogP contribution in [0.15, 0.2) is 40.5 Å². The van der Waals surface area contributed by atoms with E-state index in [1.165, 1.54) is 12.1 Å². The lowest BCUT2D eigenvalue weighted by molar-refractivity contribution is 0.627. The van der Waals surface area contributed by atoms with Crippen LogP contribution in [0.4, 0.5) is 10.1 Å². The summed E-state index contributed by atoms with van der Waals surface area (Å²) >= 11 is 5.79. The Balaban J connectivity index is 2.24. The molecule has 1 heterocycles. The van der Waals surface area contributed by atoms with Gasteiger partial charge in [-0.15, -0.1) is 0 Å². The fraction of sp³-hybridized carbons (Fsp3) is 0.100. The summed E-state index contributed by atoms with van der Waals surface area (Å²) in [5.74, 6) is -0.246. The highest BCUT2D eigenvalue weighted by atomic mass is 35.5. The second-order valence-corrected chi connectivity index (χ2v) is 3.35. The first-order chi connectivity index (χ1) is 6.75. The van der Waals surface area contributed by atoms with Crippen molar-refractivity contribution < 1.29 is 4.39 Å². The van der Waals surface area contributed by atoms with Crippen LogP contribution in [0.3, 0.4) is 0 Å². The van der Waals surface area contributed by atoms with Gasteiger partial charge in [0.1, 0.15) is 12.5 Å². The molecule has 0 bridgehead atoms. The van der Waals surface area contributed by atoms with E-state index in [9.17, 15) is 4.39 Å². The van der Waals surface area contributed by atoms with Crippen molar-refractivity contribution in [3.8, 4) is 0 Å². The van der Waals surface area contributed by atoms with Gasteiger partial charge in [-0.1, -0.05) is 11.6 Å². The molecule has 1 aromatic carbocycles. The van der Waals surface area contributed by atoms with Crippen LogP contribution in [0.1, 0.15) is 0 Å². The summed E-state index contributed by atoms with van der Waals surface area (Å²) in [7, 11) is 0. The SMILES string of the molecule is Fc1ccc(N2C=C(Cl)C=NC2)cc1. The predicted molar refractivity (Wildman–Crippen MR) is 56.2 cm³/mol. The molecule has 0 fully saturated rings. The Labute approximate surface area is 86.3 Å². The molecule has 72 valence electrons. The number of anilines is 1. The van der Waals surface area contributed by atoms with Crippen molar-refractivity contribution in [3.05, 3.63) is 41.3 Å². The summed E-state index contributed by atoms with van der Waals surface area (Å²) in [5, 5.41) is 0.570. The zero-order valence-corrected chi connectivity index (χ0v) is 8.08. The third kappa shape index (κ3) is 1.93. The molecule has 0 radical (unpaired) electrons. The zero-order chi connectivity index (χ0) is 9.97. The second kappa shape index (κ2) is 3.80. The molecule has 0 aliphatic carbocycles. The number of rotatable bonds is 1. The molecule has 2 rings (SSSR count). The van der Waals surface area contributed by atoms with E-state index in [2.05, 4.69) is 4.99 Å². The van der Waals surface area contributed by atoms with Crippen molar-refractivity contribution in [2.24, 2.45) is 4.99 Å². The highest BCUT2D eigenvalue weighted by Crippen LogP contribution is 2.18. The number of aliphatic imine (C=N–C) groups is 1. The molecule has 1 aromatic rings. The summed E-state index contributed by atoms with van der Waals surface area (Å²) in [6.07, 6.45) is 3.36. The summed E-state index contributed by atoms with van der Waals surface area (Å²) in [5.41, 5.74) is 0.876. The van der Waals surface area contributed by atoms with Gasteiger partial charge in [0.15, 0.2) is 0 Å². The summed E-state index contributed by atoms with van der Waals surface area (Å²) in [4.78, 5) is 5.89. The van der Waals surface area contributed by atoms with E-state index >= 15 is 0 Å². The van der Waals surface area contributed by atoms with Crippen molar-refractivity contribution >= 4 is 23.5 Å². The molecule has 0 spiro atoms. The minimum absolute atomic E-state index is 0.246. The molecule has 0 aromatic heterocycles. The van der Waals surface area contributed by atoms with E-state index in [1.54, 1.807) is 24.5 Å². The van der Waals surface area contributed by atoms with Gasteiger partial charge in [-0.3, -0.25) is 4.99 Å². The van der Waals surface area contributed by atoms with Gasteiger partial charge in [-0.05, 0) is 24.3 Å². The Hall–Kier alpha value is -1.35. The van der Waals surface area contributed by atoms with Crippen LogP contribution >= 0.6 is 11.6 Å². The van der Waals surface area contributed by atoms with Crippen LogP contribution in [0, 0.1) is 5.82 Å². The quantitative estimate of drug-likeness (QED) is 0.696. The number of hydrogen-bond donors (Lipinski definition) is 0. The van der Waals surface area contributed by atoms with Crippen molar-refractivity contribution in [3.63, 3.8) is 0 Å². The van der Waals surface area contributed by atoms with Gasteiger partial charge in [0.2, 0.25) is 0 Å². The summed E-state index contributed by atoms with van der Waals surface area (Å²) in [6, 6.07) is 6.21. The lowest BCUT2D eigenvalue weighted by Crippen LogP contribution is -2.19. The molecule has 14 heavy (non-hydrogen) atoms. The van der Waals surface area contributed by atoms with Gasteiger partial charge in [-0.2, -0.15) is 0 Å². The van der Waals surface area contributed by atoms with E-state index in [1.807, 2.05) is 4.90 Å². The molecule has 2 nitrogen and oxygen atoms in total. The molecule has 0 saturated heterocycles. The number of allylic oxidation sites excluding steroid dienone is 1. The molecule has 0 N–H and O–H groups in total. The molecule has 1 aliphatic rings. The predicted octanol–water partition coefficient (Wildman–Crippen LogP) is 2.75. The van der Waals surface area contributed by atoms with E-state index < -0.39 is 0 Å². The van der Waals surface area contributed by atoms with Crippen molar-refractivity contribution in [1.29, 1.82) is 0 Å².